The Labute approximate surface area is 241 Å². The summed E-state index contributed by atoms with van der Waals surface area (Å²) >= 11 is 8.15. The minimum Gasteiger partial charge on any atom is -0.474 e. The number of ether oxygens (including phenoxy) is 2. The van der Waals surface area contributed by atoms with Gasteiger partial charge >= 0.3 is 13.6 Å². The highest BCUT2D eigenvalue weighted by atomic mass is 32.7. The van der Waals surface area contributed by atoms with Crippen molar-refractivity contribution in [3.05, 3.63) is 35.3 Å². The molecule has 41 heavy (non-hydrogen) atoms. The van der Waals surface area contributed by atoms with Crippen LogP contribution in [-0.4, -0.2) is 73.3 Å². The van der Waals surface area contributed by atoms with E-state index in [0.29, 0.717) is 12.3 Å². The van der Waals surface area contributed by atoms with Crippen molar-refractivity contribution in [3.63, 3.8) is 0 Å². The molecule has 2 saturated heterocycles. The second-order valence-corrected chi connectivity index (χ2v) is 15.3. The van der Waals surface area contributed by atoms with Crippen LogP contribution in [0.3, 0.4) is 0 Å². The van der Waals surface area contributed by atoms with Crippen LogP contribution in [-0.2, 0) is 32.0 Å². The Morgan fingerprint density at radius 1 is 1.12 bits per heavy atom. The summed E-state index contributed by atoms with van der Waals surface area (Å²) in [4.78, 5) is 30.5. The minimum absolute atomic E-state index is 0.0404. The summed E-state index contributed by atoms with van der Waals surface area (Å²) in [7, 11) is 0. The molecule has 0 spiro atoms. The number of nitrogens with two attached hydrogens (primary N) is 1. The van der Waals surface area contributed by atoms with Crippen molar-refractivity contribution in [2.24, 2.45) is 5.92 Å². The van der Waals surface area contributed by atoms with E-state index in [1.807, 2.05) is 0 Å². The highest BCUT2D eigenvalue weighted by Gasteiger charge is 2.52. The van der Waals surface area contributed by atoms with Crippen LogP contribution in [0.15, 0.2) is 29.7 Å². The Morgan fingerprint density at radius 2 is 1.90 bits per heavy atom. The maximum atomic E-state index is 15.7. The Morgan fingerprint density at radius 3 is 2.68 bits per heavy atom. The molecule has 3 aromatic heterocycles. The molecule has 21 heteroatoms. The van der Waals surface area contributed by atoms with Crippen LogP contribution in [0.4, 0.5) is 10.3 Å². The largest absolute Gasteiger partial charge is 0.474 e. The summed E-state index contributed by atoms with van der Waals surface area (Å²) in [5.74, 6) is -0.395. The lowest BCUT2D eigenvalue weighted by Crippen LogP contribution is -2.31. The molecule has 0 radical (unpaired) electrons. The number of halogens is 1. The average molecular weight is 652 g/mol. The summed E-state index contributed by atoms with van der Waals surface area (Å²) in [6.07, 6.45) is -2.91. The summed E-state index contributed by atoms with van der Waals surface area (Å²) in [5.41, 5.74) is 4.90. The molecule has 9 atom stereocenters. The molecule has 6 rings (SSSR count). The summed E-state index contributed by atoms with van der Waals surface area (Å²) < 4.78 is 77.5. The van der Waals surface area contributed by atoms with Gasteiger partial charge in [-0.15, -0.1) is 0 Å². The predicted molar refractivity (Wildman–Crippen MR) is 145 cm³/mol. The SMILES string of the molecule is Nc1nc2c(ncn2[C@@H]2O[C@@H]3CO[P@@](=O)(S)O[C@H]4C[C@H](Oc5ccncn5)C[C@@H]4CO[P@](=O)(S)O[C@@H]2[C@@H]3F)c(=O)[nH]1. The molecule has 222 valence electrons. The quantitative estimate of drug-likeness (QED) is 0.237. The molecule has 3 aromatic rings. The number of aromatic amines is 1. The van der Waals surface area contributed by atoms with Gasteiger partial charge in [-0.2, -0.15) is 4.98 Å². The van der Waals surface area contributed by atoms with E-state index in [0.717, 1.165) is 0 Å². The van der Waals surface area contributed by atoms with Crippen molar-refractivity contribution < 1.29 is 41.1 Å². The molecule has 0 amide bonds. The number of hydrogen-bond acceptors (Lipinski definition) is 14. The Bertz CT molecular complexity index is 1590. The fourth-order valence-electron chi connectivity index (χ4n) is 5.00. The number of anilines is 1. The second-order valence-electron chi connectivity index (χ2n) is 9.55. The van der Waals surface area contributed by atoms with Gasteiger partial charge in [-0.05, 0) is 6.42 Å². The van der Waals surface area contributed by atoms with E-state index in [2.05, 4.69) is 49.4 Å². The lowest BCUT2D eigenvalue weighted by molar-refractivity contribution is -0.0468. The minimum atomic E-state index is -4.24. The third-order valence-electron chi connectivity index (χ3n) is 6.80. The Kier molecular flexibility index (Phi) is 7.93. The topological polar surface area (TPSA) is 205 Å². The summed E-state index contributed by atoms with van der Waals surface area (Å²) in [6, 6.07) is 1.58. The molecule has 1 saturated carbocycles. The van der Waals surface area contributed by atoms with Crippen LogP contribution in [0.2, 0.25) is 0 Å². The number of thiol groups is 2. The number of nitrogens with one attached hydrogen (secondary N) is 1. The zero-order chi connectivity index (χ0) is 28.9. The van der Waals surface area contributed by atoms with Gasteiger partial charge in [-0.3, -0.25) is 27.9 Å². The molecule has 3 aliphatic rings. The van der Waals surface area contributed by atoms with E-state index in [1.165, 1.54) is 23.4 Å². The van der Waals surface area contributed by atoms with Gasteiger partial charge in [-0.1, -0.05) is 24.5 Å². The van der Waals surface area contributed by atoms with E-state index in [9.17, 15) is 13.9 Å². The molecule has 0 unspecified atom stereocenters. The maximum Gasteiger partial charge on any atom is 0.386 e. The van der Waals surface area contributed by atoms with Crippen molar-refractivity contribution in [1.82, 2.24) is 29.5 Å². The average Bonchev–Trinajstić information content (AvgIpc) is 3.57. The first-order chi connectivity index (χ1) is 19.5. The zero-order valence-electron chi connectivity index (χ0n) is 20.8. The van der Waals surface area contributed by atoms with E-state index >= 15 is 4.39 Å². The number of hydrogen-bond donors (Lipinski definition) is 4. The van der Waals surface area contributed by atoms with Crippen LogP contribution in [0.25, 0.3) is 11.2 Å². The summed E-state index contributed by atoms with van der Waals surface area (Å²) in [5, 5.41) is 0. The first-order valence-corrected chi connectivity index (χ1v) is 17.6. The van der Waals surface area contributed by atoms with Crippen LogP contribution < -0.4 is 16.0 Å². The third-order valence-corrected chi connectivity index (χ3v) is 10.1. The van der Waals surface area contributed by atoms with Crippen LogP contribution in [0.5, 0.6) is 5.88 Å². The molecule has 3 fully saturated rings. The first kappa shape index (κ1) is 29.0. The Hall–Kier alpha value is -2.08. The standard InChI is InChI=1S/C20H24FN7O9P2S2/c21-14-12-6-33-38(30,40)36-11-4-10(34-13-1-2-23-7-24-13)3-9(11)5-32-39(31,41)37-16(14)19(35-12)28-8-25-15-17(28)26-20(22)27-18(15)29/h1-2,7-12,14,16,19H,3-6H2,(H,30,40)(H,31,41)(H3,22,26,27,29)/t9-,10-,11+,12-,14-,16-,19-,38-,39+/m1/s1. The van der Waals surface area contributed by atoms with Crippen LogP contribution in [0, 0.1) is 5.92 Å². The van der Waals surface area contributed by atoms with E-state index in [-0.39, 0.29) is 30.1 Å². The van der Waals surface area contributed by atoms with Crippen molar-refractivity contribution in [2.75, 3.05) is 18.9 Å². The highest BCUT2D eigenvalue weighted by molar-refractivity contribution is 8.44. The highest BCUT2D eigenvalue weighted by Crippen LogP contribution is 2.60. The number of fused-ring (bicyclic) bond motifs is 4. The van der Waals surface area contributed by atoms with Crippen molar-refractivity contribution >= 4 is 55.2 Å². The molecular formula is C20H24FN7O9P2S2. The number of alkyl halides is 1. The number of aromatic nitrogens is 6. The van der Waals surface area contributed by atoms with Gasteiger partial charge in [0.1, 0.15) is 24.6 Å². The summed E-state index contributed by atoms with van der Waals surface area (Å²) in [6.45, 7) is -9.11. The number of nitrogen functional groups attached to an aromatic ring is 1. The van der Waals surface area contributed by atoms with Gasteiger partial charge in [0.15, 0.2) is 23.6 Å². The molecule has 3 N–H and O–H groups in total. The molecule has 1 aliphatic carbocycles. The van der Waals surface area contributed by atoms with Crippen LogP contribution in [0.1, 0.15) is 19.1 Å². The maximum absolute atomic E-state index is 15.7. The lowest BCUT2D eigenvalue weighted by Gasteiger charge is -2.26. The van der Waals surface area contributed by atoms with Crippen molar-refractivity contribution in [1.29, 1.82) is 0 Å². The van der Waals surface area contributed by atoms with Gasteiger partial charge < -0.3 is 19.7 Å². The smallest absolute Gasteiger partial charge is 0.386 e. The van der Waals surface area contributed by atoms with Gasteiger partial charge in [0.25, 0.3) is 5.56 Å². The number of rotatable bonds is 3. The van der Waals surface area contributed by atoms with Gasteiger partial charge in [0.05, 0.1) is 25.6 Å². The molecular weight excluding hydrogens is 627 g/mol. The van der Waals surface area contributed by atoms with Crippen molar-refractivity contribution in [3.8, 4) is 5.88 Å². The predicted octanol–water partition coefficient (Wildman–Crippen LogP) is 2.48. The zero-order valence-corrected chi connectivity index (χ0v) is 24.4. The Balaban J connectivity index is 1.28. The first-order valence-electron chi connectivity index (χ1n) is 12.2. The van der Waals surface area contributed by atoms with Crippen molar-refractivity contribution in [2.45, 2.75) is 49.7 Å². The van der Waals surface area contributed by atoms with Gasteiger partial charge in [-0.25, -0.2) is 28.5 Å². The number of nitrogens with zero attached hydrogens (tertiary/aromatic N) is 5. The fraction of sp³-hybridized carbons (Fsp3) is 0.550. The normalized spacial score (nSPS) is 38.1. The van der Waals surface area contributed by atoms with E-state index in [1.54, 1.807) is 6.07 Å². The molecule has 5 heterocycles. The molecule has 2 aliphatic heterocycles. The van der Waals surface area contributed by atoms with E-state index in [4.69, 9.17) is 33.3 Å². The fourth-order valence-corrected chi connectivity index (χ4v) is 8.05. The monoisotopic (exact) mass is 651 g/mol. The van der Waals surface area contributed by atoms with Gasteiger partial charge in [0.2, 0.25) is 11.8 Å². The number of imidazole rings is 1. The molecule has 0 aromatic carbocycles. The molecule has 16 nitrogen and oxygen atoms in total. The number of H-pyrrole nitrogens is 1. The third kappa shape index (κ3) is 6.19. The second kappa shape index (κ2) is 11.2. The lowest BCUT2D eigenvalue weighted by atomic mass is 10.1. The van der Waals surface area contributed by atoms with Gasteiger partial charge in [0, 0.05) is 24.6 Å². The molecule has 2 bridgehead atoms. The van der Waals surface area contributed by atoms with Crippen LogP contribution >= 0.6 is 38.1 Å². The van der Waals surface area contributed by atoms with E-state index < -0.39 is 68.5 Å².